The van der Waals surface area contributed by atoms with Crippen LogP contribution < -0.4 is 10.6 Å². The monoisotopic (exact) mass is 309 g/mol. The van der Waals surface area contributed by atoms with Crippen LogP contribution in [0, 0.1) is 11.8 Å². The normalized spacial score (nSPS) is 25.4. The van der Waals surface area contributed by atoms with Crippen molar-refractivity contribution in [1.82, 2.24) is 10.3 Å². The van der Waals surface area contributed by atoms with Crippen LogP contribution in [-0.2, 0) is 0 Å². The highest BCUT2D eigenvalue weighted by Gasteiger charge is 2.26. The van der Waals surface area contributed by atoms with Crippen LogP contribution in [-0.4, -0.2) is 23.5 Å². The van der Waals surface area contributed by atoms with Crippen molar-refractivity contribution in [2.24, 2.45) is 11.8 Å². The van der Waals surface area contributed by atoms with Gasteiger partial charge in [0, 0.05) is 12.6 Å². The molecule has 0 radical (unpaired) electrons. The van der Waals surface area contributed by atoms with Crippen LogP contribution in [0.25, 0.3) is 0 Å². The number of aromatic nitrogens is 1. The van der Waals surface area contributed by atoms with E-state index in [4.69, 9.17) is 11.6 Å². The van der Waals surface area contributed by atoms with E-state index in [1.165, 1.54) is 6.42 Å². The van der Waals surface area contributed by atoms with E-state index < -0.39 is 0 Å². The Hall–Kier alpha value is -1.29. The summed E-state index contributed by atoms with van der Waals surface area (Å²) in [7, 11) is 0. The number of nitrogens with one attached hydrogen (secondary N) is 2. The van der Waals surface area contributed by atoms with Crippen LogP contribution in [0.15, 0.2) is 12.1 Å². The van der Waals surface area contributed by atoms with Crippen molar-refractivity contribution in [2.75, 3.05) is 11.9 Å². The van der Waals surface area contributed by atoms with Crippen molar-refractivity contribution in [3.8, 4) is 0 Å². The van der Waals surface area contributed by atoms with Gasteiger partial charge in [-0.05, 0) is 50.2 Å². The Balaban J connectivity index is 2.07. The van der Waals surface area contributed by atoms with Gasteiger partial charge in [-0.25, -0.2) is 4.98 Å². The number of carbonyl (C=O) groups is 1. The van der Waals surface area contributed by atoms with Gasteiger partial charge in [-0.2, -0.15) is 0 Å². The summed E-state index contributed by atoms with van der Waals surface area (Å²) in [5.41, 5.74) is 0.306. The van der Waals surface area contributed by atoms with Crippen molar-refractivity contribution >= 4 is 23.3 Å². The number of pyridine rings is 1. The Morgan fingerprint density at radius 2 is 1.95 bits per heavy atom. The van der Waals surface area contributed by atoms with Gasteiger partial charge in [0.1, 0.15) is 11.5 Å². The van der Waals surface area contributed by atoms with Crippen molar-refractivity contribution in [3.63, 3.8) is 0 Å². The van der Waals surface area contributed by atoms with Gasteiger partial charge in [0.05, 0.1) is 5.02 Å². The molecular weight excluding hydrogens is 286 g/mol. The maximum atomic E-state index is 12.4. The summed E-state index contributed by atoms with van der Waals surface area (Å²) in [6.45, 7) is 7.23. The molecule has 1 heterocycles. The van der Waals surface area contributed by atoms with Gasteiger partial charge < -0.3 is 10.6 Å². The van der Waals surface area contributed by atoms with E-state index in [1.54, 1.807) is 12.1 Å². The summed E-state index contributed by atoms with van der Waals surface area (Å²) in [5, 5.41) is 6.58. The van der Waals surface area contributed by atoms with Crippen LogP contribution >= 0.6 is 11.6 Å². The van der Waals surface area contributed by atoms with Gasteiger partial charge in [-0.1, -0.05) is 25.4 Å². The molecule has 0 bridgehead atoms. The Morgan fingerprint density at radius 3 is 2.57 bits per heavy atom. The Kier molecular flexibility index (Phi) is 5.45. The Labute approximate surface area is 131 Å². The zero-order valence-corrected chi connectivity index (χ0v) is 13.7. The van der Waals surface area contributed by atoms with Crippen LogP contribution in [0.5, 0.6) is 0 Å². The third kappa shape index (κ3) is 4.34. The van der Waals surface area contributed by atoms with Crippen LogP contribution in [0.3, 0.4) is 0 Å². The molecular formula is C16H24ClN3O. The lowest BCUT2D eigenvalue weighted by Gasteiger charge is -2.31. The van der Waals surface area contributed by atoms with E-state index in [1.807, 2.05) is 6.92 Å². The van der Waals surface area contributed by atoms with Crippen LogP contribution in [0.4, 0.5) is 5.82 Å². The zero-order valence-electron chi connectivity index (χ0n) is 12.9. The molecule has 116 valence electrons. The van der Waals surface area contributed by atoms with Gasteiger partial charge in [-0.3, -0.25) is 4.79 Å². The SMILES string of the molecule is CCNc1ccc(Cl)c(C(=O)NC2CC(C)CC(C)C2)n1. The quantitative estimate of drug-likeness (QED) is 0.891. The minimum absolute atomic E-state index is 0.175. The molecule has 2 unspecified atom stereocenters. The van der Waals surface area contributed by atoms with E-state index in [2.05, 4.69) is 29.5 Å². The molecule has 2 atom stereocenters. The number of carbonyl (C=O) groups excluding carboxylic acids is 1. The summed E-state index contributed by atoms with van der Waals surface area (Å²) >= 11 is 6.12. The maximum Gasteiger partial charge on any atom is 0.271 e. The predicted molar refractivity (Wildman–Crippen MR) is 86.8 cm³/mol. The molecule has 0 aromatic carbocycles. The summed E-state index contributed by atoms with van der Waals surface area (Å²) in [5.74, 6) is 1.80. The fraction of sp³-hybridized carbons (Fsp3) is 0.625. The molecule has 21 heavy (non-hydrogen) atoms. The standard InChI is InChI=1S/C16H24ClN3O/c1-4-18-14-6-5-13(17)15(20-14)16(21)19-12-8-10(2)7-11(3)9-12/h5-6,10-12H,4,7-9H2,1-3H3,(H,18,20)(H,19,21). The highest BCUT2D eigenvalue weighted by Crippen LogP contribution is 2.29. The van der Waals surface area contributed by atoms with E-state index in [-0.39, 0.29) is 11.9 Å². The van der Waals surface area contributed by atoms with E-state index >= 15 is 0 Å². The lowest BCUT2D eigenvalue weighted by atomic mass is 9.80. The third-order valence-corrected chi connectivity index (χ3v) is 4.24. The van der Waals surface area contributed by atoms with E-state index in [0.717, 1.165) is 19.4 Å². The average Bonchev–Trinajstić information content (AvgIpc) is 2.40. The highest BCUT2D eigenvalue weighted by atomic mass is 35.5. The molecule has 1 amide bonds. The fourth-order valence-corrected chi connectivity index (χ4v) is 3.39. The molecule has 2 rings (SSSR count). The van der Waals surface area contributed by atoms with Gasteiger partial charge in [-0.15, -0.1) is 0 Å². The first-order valence-corrected chi connectivity index (χ1v) is 8.08. The lowest BCUT2D eigenvalue weighted by molar-refractivity contribution is 0.0906. The molecule has 1 saturated carbocycles. The summed E-state index contributed by atoms with van der Waals surface area (Å²) < 4.78 is 0. The van der Waals surface area contributed by atoms with Gasteiger partial charge in [0.25, 0.3) is 5.91 Å². The van der Waals surface area contributed by atoms with Crippen molar-refractivity contribution in [1.29, 1.82) is 0 Å². The number of nitrogens with zero attached hydrogens (tertiary/aromatic N) is 1. The second-order valence-electron chi connectivity index (χ2n) is 6.15. The molecule has 1 aromatic heterocycles. The molecule has 4 nitrogen and oxygen atoms in total. The fourth-order valence-electron chi connectivity index (χ4n) is 3.20. The van der Waals surface area contributed by atoms with Crippen LogP contribution in [0.2, 0.25) is 5.02 Å². The van der Waals surface area contributed by atoms with E-state index in [9.17, 15) is 4.79 Å². The first-order chi connectivity index (χ1) is 9.99. The maximum absolute atomic E-state index is 12.4. The molecule has 1 aliphatic rings. The summed E-state index contributed by atoms with van der Waals surface area (Å²) in [6.07, 6.45) is 3.29. The number of anilines is 1. The topological polar surface area (TPSA) is 54.0 Å². The number of hydrogen-bond donors (Lipinski definition) is 2. The number of rotatable bonds is 4. The third-order valence-electron chi connectivity index (χ3n) is 3.93. The molecule has 1 fully saturated rings. The van der Waals surface area contributed by atoms with Gasteiger partial charge in [0.2, 0.25) is 0 Å². The highest BCUT2D eigenvalue weighted by molar-refractivity contribution is 6.33. The molecule has 2 N–H and O–H groups in total. The summed E-state index contributed by atoms with van der Waals surface area (Å²) in [6, 6.07) is 3.72. The van der Waals surface area contributed by atoms with Gasteiger partial charge in [0.15, 0.2) is 0 Å². The molecule has 0 aliphatic heterocycles. The molecule has 1 aromatic rings. The smallest absolute Gasteiger partial charge is 0.271 e. The van der Waals surface area contributed by atoms with Gasteiger partial charge >= 0.3 is 0 Å². The van der Waals surface area contributed by atoms with Crippen LogP contribution in [0.1, 0.15) is 50.5 Å². The molecule has 5 heteroatoms. The molecule has 1 aliphatic carbocycles. The summed E-state index contributed by atoms with van der Waals surface area (Å²) in [4.78, 5) is 16.7. The number of amides is 1. The minimum Gasteiger partial charge on any atom is -0.370 e. The largest absolute Gasteiger partial charge is 0.370 e. The van der Waals surface area contributed by atoms with Crippen molar-refractivity contribution < 1.29 is 4.79 Å². The lowest BCUT2D eigenvalue weighted by Crippen LogP contribution is -2.40. The number of hydrogen-bond acceptors (Lipinski definition) is 3. The first kappa shape index (κ1) is 16.1. The Bertz CT molecular complexity index is 496. The Morgan fingerprint density at radius 1 is 1.29 bits per heavy atom. The van der Waals surface area contributed by atoms with E-state index in [0.29, 0.717) is 28.4 Å². The number of halogens is 1. The zero-order chi connectivity index (χ0) is 15.4. The predicted octanol–water partition coefficient (Wildman–Crippen LogP) is 3.72. The molecule has 0 spiro atoms. The second-order valence-corrected chi connectivity index (χ2v) is 6.55. The minimum atomic E-state index is -0.175. The second kappa shape index (κ2) is 7.12. The van der Waals surface area contributed by atoms with Crippen molar-refractivity contribution in [2.45, 2.75) is 46.1 Å². The van der Waals surface area contributed by atoms with Crippen molar-refractivity contribution in [3.05, 3.63) is 22.8 Å². The average molecular weight is 310 g/mol. The molecule has 0 saturated heterocycles. The first-order valence-electron chi connectivity index (χ1n) is 7.70.